The minimum Gasteiger partial charge on any atom is -0.493 e. The lowest BCUT2D eigenvalue weighted by Gasteiger charge is -2.15. The maximum atomic E-state index is 13.4. The van der Waals surface area contributed by atoms with Gasteiger partial charge in [0.15, 0.2) is 16.6 Å². The van der Waals surface area contributed by atoms with Gasteiger partial charge in [0.05, 0.1) is 25.2 Å². The van der Waals surface area contributed by atoms with E-state index in [4.69, 9.17) is 9.47 Å². The Morgan fingerprint density at radius 2 is 1.70 bits per heavy atom. The molecule has 0 saturated carbocycles. The molecule has 0 spiro atoms. The lowest BCUT2D eigenvalue weighted by molar-refractivity contribution is -0.116. The molecule has 2 heterocycles. The predicted octanol–water partition coefficient (Wildman–Crippen LogP) is 7.81. The smallest absolute Gasteiger partial charge is 0.272 e. The van der Waals surface area contributed by atoms with Crippen molar-refractivity contribution in [2.75, 3.05) is 24.9 Å². The van der Waals surface area contributed by atoms with Crippen LogP contribution in [0.2, 0.25) is 0 Å². The Labute approximate surface area is 285 Å². The number of anilines is 2. The van der Waals surface area contributed by atoms with Gasteiger partial charge in [0.25, 0.3) is 11.8 Å². The number of hydrogen-bond acceptors (Lipinski definition) is 9. The summed E-state index contributed by atoms with van der Waals surface area (Å²) in [7, 11) is 3.16. The molecule has 47 heavy (non-hydrogen) atoms. The molecule has 1 atom stereocenters. The number of aromatic nitrogens is 1. The van der Waals surface area contributed by atoms with Crippen molar-refractivity contribution in [2.24, 2.45) is 0 Å². The normalized spacial score (nSPS) is 11.8. The Morgan fingerprint density at radius 1 is 0.894 bits per heavy atom. The third-order valence-corrected chi connectivity index (χ3v) is 9.74. The molecule has 0 bridgehead atoms. The van der Waals surface area contributed by atoms with E-state index in [0.29, 0.717) is 40.0 Å². The second-order valence-corrected chi connectivity index (χ2v) is 13.1. The number of benzene rings is 3. The fourth-order valence-corrected chi connectivity index (χ4v) is 6.83. The molecule has 0 radical (unpaired) electrons. The molecule has 5 aromatic rings. The number of ether oxygens (including phenoxy) is 2. The topological polar surface area (TPSA) is 119 Å². The SMILES string of the molecule is CCC(Sc1cccc(NC(=O)/C(=C/c2cccs2)NC(=O)c2ccccc2)c1)C(=O)Nc1nc(-c2ccc(OC)c(OC)c2)cs1. The van der Waals surface area contributed by atoms with E-state index in [-0.39, 0.29) is 17.5 Å². The number of thiazole rings is 1. The van der Waals surface area contributed by atoms with Gasteiger partial charge in [-0.15, -0.1) is 34.4 Å². The molecule has 240 valence electrons. The van der Waals surface area contributed by atoms with Gasteiger partial charge >= 0.3 is 0 Å². The van der Waals surface area contributed by atoms with E-state index in [9.17, 15) is 14.4 Å². The molecule has 12 heteroatoms. The van der Waals surface area contributed by atoms with Gasteiger partial charge in [-0.2, -0.15) is 0 Å². The third kappa shape index (κ3) is 8.88. The van der Waals surface area contributed by atoms with Gasteiger partial charge in [0.1, 0.15) is 5.70 Å². The summed E-state index contributed by atoms with van der Waals surface area (Å²) in [5, 5.41) is 12.4. The molecule has 0 fully saturated rings. The van der Waals surface area contributed by atoms with Gasteiger partial charge in [-0.25, -0.2) is 4.98 Å². The second kappa shape index (κ2) is 16.1. The van der Waals surface area contributed by atoms with Crippen LogP contribution in [0.1, 0.15) is 28.6 Å². The number of nitrogens with zero attached hydrogens (tertiary/aromatic N) is 1. The van der Waals surface area contributed by atoms with Crippen LogP contribution in [-0.2, 0) is 9.59 Å². The maximum absolute atomic E-state index is 13.4. The van der Waals surface area contributed by atoms with Crippen molar-refractivity contribution in [3.8, 4) is 22.8 Å². The molecular weight excluding hydrogens is 653 g/mol. The molecule has 3 amide bonds. The Balaban J connectivity index is 1.24. The van der Waals surface area contributed by atoms with Crippen molar-refractivity contribution in [3.05, 3.63) is 112 Å². The summed E-state index contributed by atoms with van der Waals surface area (Å²) in [6, 6.07) is 25.2. The Hall–Kier alpha value is -4.91. The van der Waals surface area contributed by atoms with Gasteiger partial charge in [0.2, 0.25) is 5.91 Å². The van der Waals surface area contributed by atoms with Crippen LogP contribution in [-0.4, -0.2) is 42.2 Å². The highest BCUT2D eigenvalue weighted by molar-refractivity contribution is 8.00. The maximum Gasteiger partial charge on any atom is 0.272 e. The zero-order chi connectivity index (χ0) is 33.2. The third-order valence-electron chi connectivity index (χ3n) is 6.81. The average Bonchev–Trinajstić information content (AvgIpc) is 3.79. The summed E-state index contributed by atoms with van der Waals surface area (Å²) < 4.78 is 10.7. The van der Waals surface area contributed by atoms with Gasteiger partial charge < -0.3 is 25.4 Å². The van der Waals surface area contributed by atoms with Gasteiger partial charge in [-0.3, -0.25) is 14.4 Å². The van der Waals surface area contributed by atoms with Crippen LogP contribution < -0.4 is 25.4 Å². The summed E-state index contributed by atoms with van der Waals surface area (Å²) >= 11 is 4.18. The number of methoxy groups -OCH3 is 2. The standard InChI is InChI=1S/C35H32N4O5S3/c1-4-31(34(42)39-35-38-28(21-46-35)23-15-16-29(43-2)30(18-23)44-3)47-26-13-8-12-24(19-26)36-33(41)27(20-25-14-9-17-45-25)37-32(40)22-10-6-5-7-11-22/h5-21,31H,4H2,1-3H3,(H,36,41)(H,37,40)(H,38,39,42)/b27-20-. The Bertz CT molecular complexity index is 1870. The van der Waals surface area contributed by atoms with Crippen LogP contribution in [0.5, 0.6) is 11.5 Å². The van der Waals surface area contributed by atoms with Crippen molar-refractivity contribution in [2.45, 2.75) is 23.5 Å². The number of amides is 3. The van der Waals surface area contributed by atoms with Gasteiger partial charge in [-0.05, 0) is 72.5 Å². The lowest BCUT2D eigenvalue weighted by Crippen LogP contribution is -2.30. The van der Waals surface area contributed by atoms with Crippen LogP contribution in [0.3, 0.4) is 0 Å². The molecule has 0 saturated heterocycles. The van der Waals surface area contributed by atoms with Crippen LogP contribution in [0.15, 0.2) is 106 Å². The number of thioether (sulfide) groups is 1. The molecule has 0 aliphatic rings. The highest BCUT2D eigenvalue weighted by atomic mass is 32.2. The largest absolute Gasteiger partial charge is 0.493 e. The number of carbonyl (C=O) groups is 3. The molecule has 0 aliphatic carbocycles. The highest BCUT2D eigenvalue weighted by Crippen LogP contribution is 2.34. The molecule has 9 nitrogen and oxygen atoms in total. The Morgan fingerprint density at radius 3 is 2.43 bits per heavy atom. The summed E-state index contributed by atoms with van der Waals surface area (Å²) in [5.74, 6) is 0.182. The zero-order valence-electron chi connectivity index (χ0n) is 25.8. The van der Waals surface area contributed by atoms with Crippen LogP contribution in [0.25, 0.3) is 17.3 Å². The van der Waals surface area contributed by atoms with Gasteiger partial charge in [0, 0.05) is 32.0 Å². The second-order valence-electron chi connectivity index (χ2n) is 9.99. The Kier molecular flexibility index (Phi) is 11.4. The number of thiophene rings is 1. The van der Waals surface area contributed by atoms with E-state index in [1.165, 1.54) is 34.4 Å². The molecular formula is C35H32N4O5S3. The van der Waals surface area contributed by atoms with Crippen LogP contribution in [0, 0.1) is 0 Å². The fraction of sp³-hybridized carbons (Fsp3) is 0.143. The number of nitrogens with one attached hydrogen (secondary N) is 3. The lowest BCUT2D eigenvalue weighted by atomic mass is 10.1. The summed E-state index contributed by atoms with van der Waals surface area (Å²) in [6.45, 7) is 1.94. The van der Waals surface area contributed by atoms with Crippen molar-refractivity contribution in [1.29, 1.82) is 0 Å². The summed E-state index contributed by atoms with van der Waals surface area (Å²) in [6.07, 6.45) is 2.21. The van der Waals surface area contributed by atoms with Crippen molar-refractivity contribution < 1.29 is 23.9 Å². The predicted molar refractivity (Wildman–Crippen MR) is 190 cm³/mol. The van der Waals surface area contributed by atoms with Crippen LogP contribution >= 0.6 is 34.4 Å². The van der Waals surface area contributed by atoms with E-state index >= 15 is 0 Å². The number of carbonyl (C=O) groups excluding carboxylic acids is 3. The molecule has 3 aromatic carbocycles. The van der Waals surface area contributed by atoms with Crippen molar-refractivity contribution in [1.82, 2.24) is 10.3 Å². The summed E-state index contributed by atoms with van der Waals surface area (Å²) in [4.78, 5) is 45.8. The zero-order valence-corrected chi connectivity index (χ0v) is 28.3. The first-order valence-corrected chi connectivity index (χ1v) is 17.2. The first kappa shape index (κ1) is 33.5. The molecule has 0 aliphatic heterocycles. The number of hydrogen-bond donors (Lipinski definition) is 3. The van der Waals surface area contributed by atoms with E-state index in [2.05, 4.69) is 20.9 Å². The molecule has 5 rings (SSSR count). The van der Waals surface area contributed by atoms with Crippen molar-refractivity contribution >= 4 is 69.1 Å². The quantitative estimate of drug-likeness (QED) is 0.0855. The minimum absolute atomic E-state index is 0.112. The first-order chi connectivity index (χ1) is 22.9. The average molecular weight is 685 g/mol. The first-order valence-electron chi connectivity index (χ1n) is 14.5. The van der Waals surface area contributed by atoms with E-state index in [1.54, 1.807) is 56.7 Å². The van der Waals surface area contributed by atoms with Gasteiger partial charge in [-0.1, -0.05) is 37.3 Å². The molecule has 1 unspecified atom stereocenters. The molecule has 2 aromatic heterocycles. The summed E-state index contributed by atoms with van der Waals surface area (Å²) in [5.41, 5.74) is 2.63. The van der Waals surface area contributed by atoms with E-state index in [0.717, 1.165) is 15.3 Å². The number of rotatable bonds is 13. The van der Waals surface area contributed by atoms with Crippen molar-refractivity contribution in [3.63, 3.8) is 0 Å². The monoisotopic (exact) mass is 684 g/mol. The minimum atomic E-state index is -0.469. The highest BCUT2D eigenvalue weighted by Gasteiger charge is 2.21. The molecule has 3 N–H and O–H groups in total. The fourth-order valence-electron chi connectivity index (χ4n) is 4.44. The van der Waals surface area contributed by atoms with E-state index < -0.39 is 11.2 Å². The van der Waals surface area contributed by atoms with Crippen LogP contribution in [0.4, 0.5) is 10.8 Å². The van der Waals surface area contributed by atoms with E-state index in [1.807, 2.05) is 66.2 Å².